The number of rotatable bonds is 5. The fraction of sp³-hybridized carbons (Fsp3) is 0.188. The number of ketones is 1. The van der Waals surface area contributed by atoms with Gasteiger partial charge in [-0.3, -0.25) is 14.9 Å². The number of hydrogen-bond acceptors (Lipinski definition) is 4. The summed E-state index contributed by atoms with van der Waals surface area (Å²) >= 11 is 0. The minimum atomic E-state index is -1.20. The smallest absolute Gasteiger partial charge is 0.310 e. The number of carbonyl (C=O) groups is 1. The molecule has 0 saturated heterocycles. The van der Waals surface area contributed by atoms with Crippen molar-refractivity contribution < 1.29 is 14.5 Å². The molecular formula is C16H15NO4. The molecule has 0 aliphatic carbocycles. The van der Waals surface area contributed by atoms with Crippen LogP contribution in [0, 0.1) is 10.1 Å². The zero-order valence-corrected chi connectivity index (χ0v) is 11.8. The van der Waals surface area contributed by atoms with E-state index in [1.165, 1.54) is 12.1 Å². The van der Waals surface area contributed by atoms with E-state index >= 15 is 0 Å². The number of carbonyl (C=O) groups excluding carboxylic acids is 1. The molecule has 0 aliphatic rings. The SMILES string of the molecule is CC(C)(Oc1ccccc1[N+](=O)[O-])C(=O)c1ccccc1. The molecule has 0 amide bonds. The molecule has 0 aliphatic heterocycles. The van der Waals surface area contributed by atoms with Crippen molar-refractivity contribution in [3.8, 4) is 5.75 Å². The van der Waals surface area contributed by atoms with Gasteiger partial charge in [0.15, 0.2) is 11.4 Å². The van der Waals surface area contributed by atoms with E-state index in [9.17, 15) is 14.9 Å². The molecule has 0 bridgehead atoms. The first-order valence-electron chi connectivity index (χ1n) is 6.44. The van der Waals surface area contributed by atoms with Crippen LogP contribution in [0.1, 0.15) is 24.2 Å². The van der Waals surface area contributed by atoms with Crippen molar-refractivity contribution in [3.05, 3.63) is 70.3 Å². The Hall–Kier alpha value is -2.69. The maximum Gasteiger partial charge on any atom is 0.310 e. The Morgan fingerprint density at radius 2 is 1.62 bits per heavy atom. The Morgan fingerprint density at radius 3 is 2.24 bits per heavy atom. The lowest BCUT2D eigenvalue weighted by atomic mass is 9.96. The van der Waals surface area contributed by atoms with E-state index in [2.05, 4.69) is 0 Å². The molecule has 0 fully saturated rings. The van der Waals surface area contributed by atoms with Crippen LogP contribution in [0.25, 0.3) is 0 Å². The predicted octanol–water partition coefficient (Wildman–Crippen LogP) is 3.64. The second-order valence-electron chi connectivity index (χ2n) is 5.03. The van der Waals surface area contributed by atoms with Crippen LogP contribution in [0.15, 0.2) is 54.6 Å². The van der Waals surface area contributed by atoms with Crippen molar-refractivity contribution >= 4 is 11.5 Å². The number of Topliss-reactive ketones (excluding diaryl/α,β-unsaturated/α-hetero) is 1. The van der Waals surface area contributed by atoms with E-state index in [1.807, 2.05) is 6.07 Å². The maximum absolute atomic E-state index is 12.5. The zero-order chi connectivity index (χ0) is 15.5. The molecule has 0 spiro atoms. The molecular weight excluding hydrogens is 270 g/mol. The normalized spacial score (nSPS) is 11.0. The summed E-state index contributed by atoms with van der Waals surface area (Å²) in [6.07, 6.45) is 0. The largest absolute Gasteiger partial charge is 0.473 e. The number of para-hydroxylation sites is 2. The fourth-order valence-corrected chi connectivity index (χ4v) is 1.95. The molecule has 21 heavy (non-hydrogen) atoms. The van der Waals surface area contributed by atoms with Gasteiger partial charge >= 0.3 is 5.69 Å². The Kier molecular flexibility index (Phi) is 4.03. The molecule has 2 rings (SSSR count). The van der Waals surface area contributed by atoms with Crippen LogP contribution in [-0.2, 0) is 0 Å². The van der Waals surface area contributed by atoms with Crippen molar-refractivity contribution in [1.29, 1.82) is 0 Å². The van der Waals surface area contributed by atoms with Crippen LogP contribution >= 0.6 is 0 Å². The zero-order valence-electron chi connectivity index (χ0n) is 11.8. The Balaban J connectivity index is 2.30. The monoisotopic (exact) mass is 285 g/mol. The van der Waals surface area contributed by atoms with Crippen molar-refractivity contribution in [3.63, 3.8) is 0 Å². The quantitative estimate of drug-likeness (QED) is 0.478. The number of benzene rings is 2. The van der Waals surface area contributed by atoms with Crippen molar-refractivity contribution in [2.75, 3.05) is 0 Å². The third kappa shape index (κ3) is 3.25. The van der Waals surface area contributed by atoms with Crippen LogP contribution in [0.5, 0.6) is 5.75 Å². The van der Waals surface area contributed by atoms with Crippen LogP contribution in [0.3, 0.4) is 0 Å². The molecule has 0 unspecified atom stereocenters. The fourth-order valence-electron chi connectivity index (χ4n) is 1.95. The summed E-state index contributed by atoms with van der Waals surface area (Å²) in [6, 6.07) is 14.7. The lowest BCUT2D eigenvalue weighted by Gasteiger charge is -2.24. The molecule has 108 valence electrons. The molecule has 5 heteroatoms. The Morgan fingerprint density at radius 1 is 1.05 bits per heavy atom. The van der Waals surface area contributed by atoms with Crippen LogP contribution in [0.2, 0.25) is 0 Å². The Bertz CT molecular complexity index is 665. The van der Waals surface area contributed by atoms with Crippen LogP contribution in [0.4, 0.5) is 5.69 Å². The minimum Gasteiger partial charge on any atom is -0.473 e. The van der Waals surface area contributed by atoms with Crippen LogP contribution < -0.4 is 4.74 Å². The first kappa shape index (κ1) is 14.7. The van der Waals surface area contributed by atoms with Crippen molar-refractivity contribution in [2.45, 2.75) is 19.4 Å². The van der Waals surface area contributed by atoms with Gasteiger partial charge in [0.05, 0.1) is 4.92 Å². The highest BCUT2D eigenvalue weighted by Gasteiger charge is 2.32. The first-order chi connectivity index (χ1) is 9.92. The molecule has 0 atom stereocenters. The minimum absolute atomic E-state index is 0.0804. The average Bonchev–Trinajstić information content (AvgIpc) is 2.47. The summed E-state index contributed by atoms with van der Waals surface area (Å²) in [5, 5.41) is 11.0. The molecule has 0 N–H and O–H groups in total. The number of ether oxygens (including phenoxy) is 1. The van der Waals surface area contributed by atoms with E-state index in [0.717, 1.165) is 0 Å². The average molecular weight is 285 g/mol. The van der Waals surface area contributed by atoms with E-state index in [1.54, 1.807) is 50.2 Å². The molecule has 2 aromatic carbocycles. The summed E-state index contributed by atoms with van der Waals surface area (Å²) in [5.41, 5.74) is -0.861. The van der Waals surface area contributed by atoms with Gasteiger partial charge in [0.1, 0.15) is 0 Å². The summed E-state index contributed by atoms with van der Waals surface area (Å²) in [4.78, 5) is 22.9. The second-order valence-corrected chi connectivity index (χ2v) is 5.03. The number of hydrogen-bond donors (Lipinski definition) is 0. The molecule has 0 aromatic heterocycles. The second kappa shape index (κ2) is 5.75. The molecule has 5 nitrogen and oxygen atoms in total. The van der Waals surface area contributed by atoms with E-state index < -0.39 is 10.5 Å². The Labute approximate surface area is 122 Å². The molecule has 0 radical (unpaired) electrons. The van der Waals surface area contributed by atoms with Crippen LogP contribution in [-0.4, -0.2) is 16.3 Å². The predicted molar refractivity (Wildman–Crippen MR) is 78.6 cm³/mol. The van der Waals surface area contributed by atoms with Gasteiger partial charge in [0.2, 0.25) is 5.78 Å². The highest BCUT2D eigenvalue weighted by molar-refractivity contribution is 6.02. The number of nitrogens with zero attached hydrogens (tertiary/aromatic N) is 1. The van der Waals surface area contributed by atoms with Gasteiger partial charge < -0.3 is 4.74 Å². The van der Waals surface area contributed by atoms with Crippen molar-refractivity contribution in [1.82, 2.24) is 0 Å². The standard InChI is InChI=1S/C16H15NO4/c1-16(2,15(18)12-8-4-3-5-9-12)21-14-11-7-6-10-13(14)17(19)20/h3-11H,1-2H3. The highest BCUT2D eigenvalue weighted by atomic mass is 16.6. The lowest BCUT2D eigenvalue weighted by molar-refractivity contribution is -0.386. The van der Waals surface area contributed by atoms with Gasteiger partial charge in [-0.25, -0.2) is 0 Å². The third-order valence-electron chi connectivity index (χ3n) is 3.01. The molecule has 0 saturated carbocycles. The topological polar surface area (TPSA) is 69.4 Å². The molecule has 0 heterocycles. The third-order valence-corrected chi connectivity index (χ3v) is 3.01. The summed E-state index contributed by atoms with van der Waals surface area (Å²) in [5.74, 6) is -0.155. The maximum atomic E-state index is 12.5. The van der Waals surface area contributed by atoms with Gasteiger partial charge in [0, 0.05) is 11.6 Å². The van der Waals surface area contributed by atoms with E-state index in [4.69, 9.17) is 4.74 Å². The number of nitro benzene ring substituents is 1. The lowest BCUT2D eigenvalue weighted by Crippen LogP contribution is -2.38. The van der Waals surface area contributed by atoms with Gasteiger partial charge in [-0.1, -0.05) is 42.5 Å². The van der Waals surface area contributed by atoms with Gasteiger partial charge in [-0.15, -0.1) is 0 Å². The van der Waals surface area contributed by atoms with Crippen molar-refractivity contribution in [2.24, 2.45) is 0 Å². The first-order valence-corrected chi connectivity index (χ1v) is 6.44. The summed E-state index contributed by atoms with van der Waals surface area (Å²) < 4.78 is 5.62. The summed E-state index contributed by atoms with van der Waals surface area (Å²) in [7, 11) is 0. The molecule has 2 aromatic rings. The summed E-state index contributed by atoms with van der Waals surface area (Å²) in [6.45, 7) is 3.19. The van der Waals surface area contributed by atoms with Gasteiger partial charge in [-0.05, 0) is 19.9 Å². The van der Waals surface area contributed by atoms with E-state index in [-0.39, 0.29) is 17.2 Å². The van der Waals surface area contributed by atoms with E-state index in [0.29, 0.717) is 5.56 Å². The van der Waals surface area contributed by atoms with Gasteiger partial charge in [-0.2, -0.15) is 0 Å². The number of nitro groups is 1. The van der Waals surface area contributed by atoms with Gasteiger partial charge in [0.25, 0.3) is 0 Å². The highest BCUT2D eigenvalue weighted by Crippen LogP contribution is 2.30.